The zero-order valence-electron chi connectivity index (χ0n) is 13.8. The van der Waals surface area contributed by atoms with E-state index in [1.54, 1.807) is 31.2 Å². The summed E-state index contributed by atoms with van der Waals surface area (Å²) in [5, 5.41) is 3.29. The molecule has 0 spiro atoms. The Balaban J connectivity index is 2.18. The van der Waals surface area contributed by atoms with Crippen molar-refractivity contribution in [3.05, 3.63) is 65.9 Å². The molecule has 134 valence electrons. The average molecular weight is 360 g/mol. The maximum Gasteiger partial charge on any atom is 0.418 e. The normalized spacial score (nSPS) is 11.4. The van der Waals surface area contributed by atoms with E-state index in [1.165, 1.54) is 24.4 Å². The van der Waals surface area contributed by atoms with Gasteiger partial charge in [-0.2, -0.15) is 13.2 Å². The highest BCUT2D eigenvalue weighted by atomic mass is 19.4. The van der Waals surface area contributed by atoms with E-state index >= 15 is 0 Å². The number of anilines is 2. The lowest BCUT2D eigenvalue weighted by atomic mass is 10.1. The maximum absolute atomic E-state index is 13.3. The second kappa shape index (κ2) is 7.03. The lowest BCUT2D eigenvalue weighted by Gasteiger charge is -2.17. The van der Waals surface area contributed by atoms with Crippen molar-refractivity contribution in [1.82, 2.24) is 4.98 Å². The van der Waals surface area contributed by atoms with Crippen LogP contribution in [0.2, 0.25) is 0 Å². The molecule has 0 saturated carbocycles. The van der Waals surface area contributed by atoms with Gasteiger partial charge in [-0.15, -0.1) is 0 Å². The standard InChI is InChI=1S/C19H15F3N2O2/c1-2-26-18(25)13-11-23-15-9-5-3-7-12(15)17(13)24-16-10-6-4-8-14(16)19(20,21)22/h3-11H,2H2,1H3,(H,23,24). The summed E-state index contributed by atoms with van der Waals surface area (Å²) < 4.78 is 44.9. The number of para-hydroxylation sites is 2. The van der Waals surface area contributed by atoms with Crippen molar-refractivity contribution >= 4 is 28.2 Å². The summed E-state index contributed by atoms with van der Waals surface area (Å²) in [6.07, 6.45) is -3.23. The molecule has 0 radical (unpaired) electrons. The fourth-order valence-electron chi connectivity index (χ4n) is 2.61. The van der Waals surface area contributed by atoms with Gasteiger partial charge in [0.05, 0.1) is 29.1 Å². The molecule has 0 aliphatic rings. The largest absolute Gasteiger partial charge is 0.462 e. The topological polar surface area (TPSA) is 51.2 Å². The Hall–Kier alpha value is -3.09. The molecule has 0 saturated heterocycles. The lowest BCUT2D eigenvalue weighted by Crippen LogP contribution is -2.12. The number of benzene rings is 2. The number of aromatic nitrogens is 1. The van der Waals surface area contributed by atoms with Crippen LogP contribution in [0, 0.1) is 0 Å². The number of ether oxygens (including phenoxy) is 1. The van der Waals surface area contributed by atoms with Crippen LogP contribution in [0.15, 0.2) is 54.7 Å². The monoisotopic (exact) mass is 360 g/mol. The zero-order chi connectivity index (χ0) is 18.7. The Morgan fingerprint density at radius 1 is 1.12 bits per heavy atom. The molecule has 1 N–H and O–H groups in total. The summed E-state index contributed by atoms with van der Waals surface area (Å²) >= 11 is 0. The van der Waals surface area contributed by atoms with Crippen molar-refractivity contribution in [3.63, 3.8) is 0 Å². The Morgan fingerprint density at radius 2 is 1.81 bits per heavy atom. The molecule has 2 aromatic carbocycles. The van der Waals surface area contributed by atoms with E-state index in [4.69, 9.17) is 4.74 Å². The number of hydrogen-bond donors (Lipinski definition) is 1. The Labute approximate surface area is 147 Å². The van der Waals surface area contributed by atoms with Crippen LogP contribution in [-0.2, 0) is 10.9 Å². The Kier molecular flexibility index (Phi) is 4.79. The first-order chi connectivity index (χ1) is 12.4. The minimum absolute atomic E-state index is 0.0718. The summed E-state index contributed by atoms with van der Waals surface area (Å²) in [4.78, 5) is 16.5. The molecule has 26 heavy (non-hydrogen) atoms. The number of rotatable bonds is 4. The smallest absolute Gasteiger partial charge is 0.418 e. The van der Waals surface area contributed by atoms with E-state index in [2.05, 4.69) is 10.3 Å². The van der Waals surface area contributed by atoms with Gasteiger partial charge >= 0.3 is 12.1 Å². The molecule has 3 aromatic rings. The molecule has 1 aromatic heterocycles. The van der Waals surface area contributed by atoms with Crippen LogP contribution in [0.5, 0.6) is 0 Å². The minimum Gasteiger partial charge on any atom is -0.462 e. The molecular formula is C19H15F3N2O2. The second-order valence-corrected chi connectivity index (χ2v) is 5.45. The fraction of sp³-hybridized carbons (Fsp3) is 0.158. The van der Waals surface area contributed by atoms with Crippen LogP contribution < -0.4 is 5.32 Å². The van der Waals surface area contributed by atoms with Gasteiger partial charge in [-0.25, -0.2) is 4.79 Å². The Morgan fingerprint density at radius 3 is 2.54 bits per heavy atom. The van der Waals surface area contributed by atoms with E-state index in [0.29, 0.717) is 10.9 Å². The molecule has 3 rings (SSSR count). The van der Waals surface area contributed by atoms with Crippen LogP contribution >= 0.6 is 0 Å². The highest BCUT2D eigenvalue weighted by Gasteiger charge is 2.33. The number of nitrogens with zero attached hydrogens (tertiary/aromatic N) is 1. The molecule has 0 aliphatic heterocycles. The van der Waals surface area contributed by atoms with Crippen LogP contribution in [0.25, 0.3) is 10.9 Å². The van der Waals surface area contributed by atoms with Crippen LogP contribution in [0.4, 0.5) is 24.5 Å². The summed E-state index contributed by atoms with van der Waals surface area (Å²) in [5.41, 5.74) is -0.126. The van der Waals surface area contributed by atoms with Gasteiger partial charge in [0.15, 0.2) is 0 Å². The van der Waals surface area contributed by atoms with Crippen molar-refractivity contribution in [1.29, 1.82) is 0 Å². The highest BCUT2D eigenvalue weighted by Crippen LogP contribution is 2.37. The first-order valence-corrected chi connectivity index (χ1v) is 7.90. The number of pyridine rings is 1. The van der Waals surface area contributed by atoms with E-state index in [-0.39, 0.29) is 23.5 Å². The molecule has 1 heterocycles. The first-order valence-electron chi connectivity index (χ1n) is 7.90. The van der Waals surface area contributed by atoms with Gasteiger partial charge in [-0.3, -0.25) is 4.98 Å². The van der Waals surface area contributed by atoms with E-state index in [0.717, 1.165) is 6.07 Å². The summed E-state index contributed by atoms with van der Waals surface area (Å²) in [6, 6.07) is 12.0. The number of hydrogen-bond acceptors (Lipinski definition) is 4. The van der Waals surface area contributed by atoms with Crippen molar-refractivity contribution in [2.24, 2.45) is 0 Å². The van der Waals surface area contributed by atoms with Gasteiger partial charge in [0.1, 0.15) is 5.56 Å². The van der Waals surface area contributed by atoms with Crippen LogP contribution in [-0.4, -0.2) is 17.6 Å². The fourth-order valence-corrected chi connectivity index (χ4v) is 2.61. The number of carbonyl (C=O) groups is 1. The second-order valence-electron chi connectivity index (χ2n) is 5.45. The third kappa shape index (κ3) is 3.46. The van der Waals surface area contributed by atoms with Gasteiger partial charge in [0.2, 0.25) is 0 Å². The lowest BCUT2D eigenvalue weighted by molar-refractivity contribution is -0.136. The molecule has 0 atom stereocenters. The Bertz CT molecular complexity index is 955. The number of carbonyl (C=O) groups excluding carboxylic acids is 1. The van der Waals surface area contributed by atoms with Crippen molar-refractivity contribution < 1.29 is 22.7 Å². The van der Waals surface area contributed by atoms with E-state index in [9.17, 15) is 18.0 Å². The van der Waals surface area contributed by atoms with Crippen LogP contribution in [0.3, 0.4) is 0 Å². The van der Waals surface area contributed by atoms with Gasteiger partial charge in [0.25, 0.3) is 0 Å². The van der Waals surface area contributed by atoms with E-state index < -0.39 is 17.7 Å². The van der Waals surface area contributed by atoms with Gasteiger partial charge in [-0.05, 0) is 25.1 Å². The number of halogens is 3. The number of fused-ring (bicyclic) bond motifs is 1. The average Bonchev–Trinajstić information content (AvgIpc) is 2.61. The molecule has 7 heteroatoms. The molecule has 4 nitrogen and oxygen atoms in total. The van der Waals surface area contributed by atoms with Gasteiger partial charge < -0.3 is 10.1 Å². The third-order valence-electron chi connectivity index (χ3n) is 3.76. The van der Waals surface area contributed by atoms with E-state index in [1.807, 2.05) is 0 Å². The highest BCUT2D eigenvalue weighted by molar-refractivity contribution is 6.06. The van der Waals surface area contributed by atoms with Crippen molar-refractivity contribution in [2.45, 2.75) is 13.1 Å². The van der Waals surface area contributed by atoms with Crippen LogP contribution in [0.1, 0.15) is 22.8 Å². The van der Waals surface area contributed by atoms with Gasteiger partial charge in [0, 0.05) is 11.6 Å². The zero-order valence-corrected chi connectivity index (χ0v) is 13.8. The first kappa shape index (κ1) is 17.7. The summed E-state index contributed by atoms with van der Waals surface area (Å²) in [7, 11) is 0. The molecule has 0 aliphatic carbocycles. The van der Waals surface area contributed by atoms with Crippen molar-refractivity contribution in [3.8, 4) is 0 Å². The molecular weight excluding hydrogens is 345 g/mol. The number of esters is 1. The summed E-state index contributed by atoms with van der Waals surface area (Å²) in [5.74, 6) is -0.655. The molecule has 0 bridgehead atoms. The molecule has 0 unspecified atom stereocenters. The molecule has 0 fully saturated rings. The minimum atomic E-state index is -4.53. The predicted molar refractivity (Wildman–Crippen MR) is 92.4 cm³/mol. The maximum atomic E-state index is 13.3. The number of alkyl halides is 3. The summed E-state index contributed by atoms with van der Waals surface area (Å²) in [6.45, 7) is 1.79. The number of nitrogens with one attached hydrogen (secondary N) is 1. The predicted octanol–water partition coefficient (Wildman–Crippen LogP) is 5.17. The van der Waals surface area contributed by atoms with Crippen molar-refractivity contribution in [2.75, 3.05) is 11.9 Å². The SMILES string of the molecule is CCOC(=O)c1cnc2ccccc2c1Nc1ccccc1C(F)(F)F. The van der Waals surface area contributed by atoms with Gasteiger partial charge in [-0.1, -0.05) is 30.3 Å². The molecule has 0 amide bonds. The third-order valence-corrected chi connectivity index (χ3v) is 3.76. The quantitative estimate of drug-likeness (QED) is 0.652.